The highest BCUT2D eigenvalue weighted by Gasteiger charge is 2.29. The first kappa shape index (κ1) is 23.9. The molecule has 0 fully saturated rings. The number of carbonyl (C=O) groups is 2. The molecule has 0 aromatic heterocycles. The molecule has 0 aliphatic heterocycles. The van der Waals surface area contributed by atoms with Crippen LogP contribution in [0.3, 0.4) is 0 Å². The summed E-state index contributed by atoms with van der Waals surface area (Å²) in [4.78, 5) is 27.6. The summed E-state index contributed by atoms with van der Waals surface area (Å²) in [5, 5.41) is 3.01. The van der Waals surface area contributed by atoms with Crippen LogP contribution in [0, 0.1) is 0 Å². The summed E-state index contributed by atoms with van der Waals surface area (Å²) < 4.78 is 10.4. The number of nitrogens with one attached hydrogen (secondary N) is 1. The third kappa shape index (κ3) is 6.59. The van der Waals surface area contributed by atoms with Gasteiger partial charge in [-0.15, -0.1) is 0 Å². The standard InChI is InChI=1S/C27H30N2O4/c1-20(30)29(19-22-11-15-25(33-3)16-12-22)26(23-7-5-4-6-8-23)27(31)28-18-17-21-9-13-24(32-2)14-10-21/h4-16,26H,17-19H2,1-3H3,(H,28,31)/t26-/m0/s1. The van der Waals surface area contributed by atoms with Crippen LogP contribution < -0.4 is 14.8 Å². The lowest BCUT2D eigenvalue weighted by Crippen LogP contribution is -2.43. The number of hydrogen-bond acceptors (Lipinski definition) is 4. The molecule has 0 heterocycles. The van der Waals surface area contributed by atoms with Crippen LogP contribution in [0.25, 0.3) is 0 Å². The van der Waals surface area contributed by atoms with E-state index in [1.54, 1.807) is 19.1 Å². The Morgan fingerprint density at radius 2 is 1.36 bits per heavy atom. The van der Waals surface area contributed by atoms with Gasteiger partial charge in [0, 0.05) is 20.0 Å². The van der Waals surface area contributed by atoms with Gasteiger partial charge in [0.1, 0.15) is 17.5 Å². The molecule has 0 unspecified atom stereocenters. The Bertz CT molecular complexity index is 1030. The van der Waals surface area contributed by atoms with E-state index in [1.807, 2.05) is 78.9 Å². The molecule has 0 aliphatic carbocycles. The molecule has 172 valence electrons. The molecule has 0 aliphatic rings. The van der Waals surface area contributed by atoms with Gasteiger partial charge in [0.2, 0.25) is 11.8 Å². The van der Waals surface area contributed by atoms with Crippen molar-refractivity contribution in [3.05, 3.63) is 95.6 Å². The summed E-state index contributed by atoms with van der Waals surface area (Å²) in [5.41, 5.74) is 2.77. The first-order valence-corrected chi connectivity index (χ1v) is 10.9. The molecule has 1 N–H and O–H groups in total. The van der Waals surface area contributed by atoms with Crippen LogP contribution in [-0.4, -0.2) is 37.5 Å². The quantitative estimate of drug-likeness (QED) is 0.508. The van der Waals surface area contributed by atoms with Crippen molar-refractivity contribution in [2.24, 2.45) is 0 Å². The number of carbonyl (C=O) groups excluding carboxylic acids is 2. The number of nitrogens with zero attached hydrogens (tertiary/aromatic N) is 1. The largest absolute Gasteiger partial charge is 0.497 e. The van der Waals surface area contributed by atoms with Gasteiger partial charge in [0.15, 0.2) is 0 Å². The maximum absolute atomic E-state index is 13.3. The minimum Gasteiger partial charge on any atom is -0.497 e. The number of methoxy groups -OCH3 is 2. The first-order chi connectivity index (χ1) is 16.0. The number of rotatable bonds is 10. The number of amides is 2. The molecule has 0 radical (unpaired) electrons. The summed E-state index contributed by atoms with van der Waals surface area (Å²) >= 11 is 0. The van der Waals surface area contributed by atoms with E-state index in [0.29, 0.717) is 19.5 Å². The maximum atomic E-state index is 13.3. The summed E-state index contributed by atoms with van der Waals surface area (Å²) in [5.74, 6) is 1.15. The van der Waals surface area contributed by atoms with E-state index in [9.17, 15) is 9.59 Å². The second-order valence-electron chi connectivity index (χ2n) is 7.70. The highest BCUT2D eigenvalue weighted by molar-refractivity contribution is 5.88. The number of hydrogen-bond donors (Lipinski definition) is 1. The van der Waals surface area contributed by atoms with Crippen molar-refractivity contribution < 1.29 is 19.1 Å². The van der Waals surface area contributed by atoms with Crippen molar-refractivity contribution >= 4 is 11.8 Å². The summed E-state index contributed by atoms with van der Waals surface area (Å²) in [6.45, 7) is 2.26. The number of ether oxygens (including phenoxy) is 2. The summed E-state index contributed by atoms with van der Waals surface area (Å²) in [6, 6.07) is 23.9. The van der Waals surface area contributed by atoms with E-state index in [1.165, 1.54) is 6.92 Å². The average molecular weight is 447 g/mol. The van der Waals surface area contributed by atoms with Crippen LogP contribution in [0.4, 0.5) is 0 Å². The first-order valence-electron chi connectivity index (χ1n) is 10.9. The summed E-state index contributed by atoms with van der Waals surface area (Å²) in [6.07, 6.45) is 0.676. The Morgan fingerprint density at radius 3 is 1.88 bits per heavy atom. The Balaban J connectivity index is 1.76. The molecule has 6 heteroatoms. The van der Waals surface area contributed by atoms with Gasteiger partial charge in [0.05, 0.1) is 14.2 Å². The predicted molar refractivity (Wildman–Crippen MR) is 128 cm³/mol. The molecule has 0 spiro atoms. The molecule has 33 heavy (non-hydrogen) atoms. The van der Waals surface area contributed by atoms with Crippen molar-refractivity contribution in [1.29, 1.82) is 0 Å². The zero-order chi connectivity index (χ0) is 23.6. The second kappa shape index (κ2) is 11.7. The molecule has 0 saturated heterocycles. The van der Waals surface area contributed by atoms with Crippen LogP contribution in [0.5, 0.6) is 11.5 Å². The highest BCUT2D eigenvalue weighted by atomic mass is 16.5. The van der Waals surface area contributed by atoms with E-state index in [4.69, 9.17) is 9.47 Å². The SMILES string of the molecule is COc1ccc(CCNC(=O)[C@H](c2ccccc2)N(Cc2ccc(OC)cc2)C(C)=O)cc1. The smallest absolute Gasteiger partial charge is 0.247 e. The third-order valence-electron chi connectivity index (χ3n) is 5.46. The third-order valence-corrected chi connectivity index (χ3v) is 5.46. The van der Waals surface area contributed by atoms with E-state index < -0.39 is 6.04 Å². The van der Waals surface area contributed by atoms with Crippen LogP contribution in [-0.2, 0) is 22.6 Å². The Morgan fingerprint density at radius 1 is 0.818 bits per heavy atom. The molecule has 1 atom stereocenters. The maximum Gasteiger partial charge on any atom is 0.247 e. The van der Waals surface area contributed by atoms with Gasteiger partial charge in [-0.25, -0.2) is 0 Å². The van der Waals surface area contributed by atoms with Crippen LogP contribution in [0.2, 0.25) is 0 Å². The van der Waals surface area contributed by atoms with Crippen molar-refractivity contribution in [3.8, 4) is 11.5 Å². The molecule has 3 aromatic carbocycles. The van der Waals surface area contributed by atoms with Crippen molar-refractivity contribution in [3.63, 3.8) is 0 Å². The molecule has 3 aromatic rings. The van der Waals surface area contributed by atoms with Gasteiger partial charge in [-0.3, -0.25) is 9.59 Å². The lowest BCUT2D eigenvalue weighted by atomic mass is 10.0. The predicted octanol–water partition coefficient (Wildman–Crippen LogP) is 4.15. The van der Waals surface area contributed by atoms with E-state index in [-0.39, 0.29) is 11.8 Å². The molecular weight excluding hydrogens is 416 g/mol. The molecule has 3 rings (SSSR count). The monoisotopic (exact) mass is 446 g/mol. The van der Waals surface area contributed by atoms with Crippen LogP contribution in [0.15, 0.2) is 78.9 Å². The lowest BCUT2D eigenvalue weighted by molar-refractivity contribution is -0.140. The zero-order valence-corrected chi connectivity index (χ0v) is 19.3. The molecule has 6 nitrogen and oxygen atoms in total. The van der Waals surface area contributed by atoms with E-state index in [0.717, 1.165) is 28.2 Å². The molecule has 0 bridgehead atoms. The van der Waals surface area contributed by atoms with Gasteiger partial charge in [-0.2, -0.15) is 0 Å². The highest BCUT2D eigenvalue weighted by Crippen LogP contribution is 2.24. The van der Waals surface area contributed by atoms with E-state index in [2.05, 4.69) is 5.32 Å². The molecular formula is C27H30N2O4. The number of benzene rings is 3. The van der Waals surface area contributed by atoms with Gasteiger partial charge >= 0.3 is 0 Å². The molecule has 0 saturated carbocycles. The topological polar surface area (TPSA) is 67.9 Å². The van der Waals surface area contributed by atoms with Crippen LogP contribution >= 0.6 is 0 Å². The van der Waals surface area contributed by atoms with E-state index >= 15 is 0 Å². The minimum absolute atomic E-state index is 0.176. The van der Waals surface area contributed by atoms with Gasteiger partial charge in [-0.05, 0) is 47.4 Å². The lowest BCUT2D eigenvalue weighted by Gasteiger charge is -2.30. The van der Waals surface area contributed by atoms with Gasteiger partial charge in [0.25, 0.3) is 0 Å². The average Bonchev–Trinajstić information content (AvgIpc) is 2.85. The summed E-state index contributed by atoms with van der Waals surface area (Å²) in [7, 11) is 3.24. The van der Waals surface area contributed by atoms with Crippen LogP contribution in [0.1, 0.15) is 29.7 Å². The fourth-order valence-corrected chi connectivity index (χ4v) is 3.64. The second-order valence-corrected chi connectivity index (χ2v) is 7.70. The van der Waals surface area contributed by atoms with Gasteiger partial charge < -0.3 is 19.7 Å². The Labute approximate surface area is 195 Å². The Hall–Kier alpha value is -3.80. The normalized spacial score (nSPS) is 11.4. The fourth-order valence-electron chi connectivity index (χ4n) is 3.64. The fraction of sp³-hybridized carbons (Fsp3) is 0.259. The van der Waals surface area contributed by atoms with Crippen molar-refractivity contribution in [2.75, 3.05) is 20.8 Å². The zero-order valence-electron chi connectivity index (χ0n) is 19.3. The minimum atomic E-state index is -0.735. The molecule has 2 amide bonds. The van der Waals surface area contributed by atoms with Gasteiger partial charge in [-0.1, -0.05) is 54.6 Å². The van der Waals surface area contributed by atoms with Crippen molar-refractivity contribution in [2.45, 2.75) is 25.9 Å². The van der Waals surface area contributed by atoms with Crippen molar-refractivity contribution in [1.82, 2.24) is 10.2 Å². The Kier molecular flexibility index (Phi) is 8.47.